The van der Waals surface area contributed by atoms with Crippen molar-refractivity contribution in [3.05, 3.63) is 52.1 Å². The van der Waals surface area contributed by atoms with Gasteiger partial charge in [-0.1, -0.05) is 23.2 Å². The van der Waals surface area contributed by atoms with Crippen LogP contribution in [0.5, 0.6) is 11.6 Å². The van der Waals surface area contributed by atoms with Crippen LogP contribution in [0.25, 0.3) is 0 Å². The van der Waals surface area contributed by atoms with Gasteiger partial charge >= 0.3 is 0 Å². The number of hydrogen-bond donors (Lipinski definition) is 2. The van der Waals surface area contributed by atoms with E-state index in [4.69, 9.17) is 33.7 Å². The maximum absolute atomic E-state index is 12.2. The molecule has 138 valence electrons. The first-order valence-corrected chi connectivity index (χ1v) is 7.93. The quantitative estimate of drug-likeness (QED) is 0.639. The fourth-order valence-electron chi connectivity index (χ4n) is 1.87. The van der Waals surface area contributed by atoms with Gasteiger partial charge in [-0.15, -0.1) is 24.8 Å². The molecule has 0 saturated heterocycles. The zero-order valence-corrected chi connectivity index (χ0v) is 16.4. The Hall–Kier alpha value is -1.24. The summed E-state index contributed by atoms with van der Waals surface area (Å²) in [5.41, 5.74) is 5.77. The van der Waals surface area contributed by atoms with Crippen molar-refractivity contribution >= 4 is 53.9 Å². The maximum atomic E-state index is 12.2. The lowest BCUT2D eigenvalue weighted by Crippen LogP contribution is -2.25. The summed E-state index contributed by atoms with van der Waals surface area (Å²) in [4.78, 5) is 16.3. The molecule has 25 heavy (non-hydrogen) atoms. The van der Waals surface area contributed by atoms with E-state index >= 15 is 0 Å². The van der Waals surface area contributed by atoms with Gasteiger partial charge in [-0.3, -0.25) is 4.79 Å². The predicted octanol–water partition coefficient (Wildman–Crippen LogP) is 4.49. The van der Waals surface area contributed by atoms with E-state index < -0.39 is 0 Å². The van der Waals surface area contributed by atoms with Gasteiger partial charge in [-0.05, 0) is 49.7 Å². The number of ether oxygens (including phenoxy) is 1. The van der Waals surface area contributed by atoms with Gasteiger partial charge < -0.3 is 15.8 Å². The molecule has 0 fully saturated rings. The molecule has 1 aromatic heterocycles. The number of nitrogens with two attached hydrogens (primary N) is 1. The lowest BCUT2D eigenvalue weighted by molar-refractivity contribution is 0.0950. The summed E-state index contributed by atoms with van der Waals surface area (Å²) in [5, 5.41) is 3.66. The molecule has 1 aromatic carbocycles. The number of amides is 1. The Kier molecular flexibility index (Phi) is 11.6. The Labute approximate surface area is 169 Å². The summed E-state index contributed by atoms with van der Waals surface area (Å²) in [7, 11) is 0. The molecular weight excluding hydrogens is 408 g/mol. The highest BCUT2D eigenvalue weighted by molar-refractivity contribution is 6.35. The number of benzene rings is 1. The van der Waals surface area contributed by atoms with Crippen LogP contribution >= 0.6 is 48.0 Å². The number of halogens is 4. The number of rotatable bonds is 7. The van der Waals surface area contributed by atoms with Gasteiger partial charge in [0.15, 0.2) is 0 Å². The topological polar surface area (TPSA) is 77.2 Å². The largest absolute Gasteiger partial charge is 0.437 e. The van der Waals surface area contributed by atoms with Gasteiger partial charge in [-0.25, -0.2) is 4.98 Å². The summed E-state index contributed by atoms with van der Waals surface area (Å²) in [6, 6.07) is 8.16. The number of hydrogen-bond acceptors (Lipinski definition) is 4. The van der Waals surface area contributed by atoms with E-state index in [0.717, 1.165) is 12.8 Å². The van der Waals surface area contributed by atoms with Crippen LogP contribution in [0.3, 0.4) is 0 Å². The third-order valence-corrected chi connectivity index (χ3v) is 3.56. The molecule has 0 aliphatic rings. The number of aromatic nitrogens is 1. The molecule has 0 radical (unpaired) electrons. The van der Waals surface area contributed by atoms with Crippen LogP contribution in [-0.2, 0) is 0 Å². The smallest absolute Gasteiger partial charge is 0.256 e. The molecular formula is C16H19Cl4N3O2. The van der Waals surface area contributed by atoms with Crippen LogP contribution < -0.4 is 15.8 Å². The minimum Gasteiger partial charge on any atom is -0.437 e. The second-order valence-electron chi connectivity index (χ2n) is 4.78. The monoisotopic (exact) mass is 425 g/mol. The fraction of sp³-hybridized carbons (Fsp3) is 0.250. The Morgan fingerprint density at radius 2 is 1.96 bits per heavy atom. The van der Waals surface area contributed by atoms with Crippen LogP contribution in [0.2, 0.25) is 10.0 Å². The van der Waals surface area contributed by atoms with E-state index in [1.807, 2.05) is 0 Å². The van der Waals surface area contributed by atoms with E-state index in [0.29, 0.717) is 34.4 Å². The van der Waals surface area contributed by atoms with Crippen LogP contribution in [0, 0.1) is 0 Å². The van der Waals surface area contributed by atoms with E-state index in [2.05, 4.69) is 10.3 Å². The summed E-state index contributed by atoms with van der Waals surface area (Å²) in [6.45, 7) is 1.15. The zero-order chi connectivity index (χ0) is 16.7. The second kappa shape index (κ2) is 12.2. The van der Waals surface area contributed by atoms with Gasteiger partial charge in [0.1, 0.15) is 11.3 Å². The SMILES string of the molecule is Cl.Cl.NCCCCNC(=O)c1cccnc1Oc1ccc(Cl)cc1Cl. The van der Waals surface area contributed by atoms with Gasteiger partial charge in [-0.2, -0.15) is 0 Å². The average molecular weight is 427 g/mol. The van der Waals surface area contributed by atoms with Crippen LogP contribution in [0.4, 0.5) is 0 Å². The molecule has 1 heterocycles. The maximum Gasteiger partial charge on any atom is 0.256 e. The minimum atomic E-state index is -0.254. The summed E-state index contributed by atoms with van der Waals surface area (Å²) in [5.74, 6) is 0.315. The van der Waals surface area contributed by atoms with E-state index in [1.165, 1.54) is 0 Å². The highest BCUT2D eigenvalue weighted by Gasteiger charge is 2.15. The number of carbonyl (C=O) groups excluding carboxylic acids is 1. The fourth-order valence-corrected chi connectivity index (χ4v) is 2.32. The third kappa shape index (κ3) is 7.26. The second-order valence-corrected chi connectivity index (χ2v) is 5.63. The molecule has 0 spiro atoms. The van der Waals surface area contributed by atoms with Gasteiger partial charge in [0.25, 0.3) is 5.91 Å². The molecule has 0 unspecified atom stereocenters. The van der Waals surface area contributed by atoms with Crippen molar-refractivity contribution in [3.63, 3.8) is 0 Å². The van der Waals surface area contributed by atoms with Gasteiger partial charge in [0.2, 0.25) is 5.88 Å². The molecule has 0 atom stereocenters. The summed E-state index contributed by atoms with van der Waals surface area (Å²) < 4.78 is 5.66. The highest BCUT2D eigenvalue weighted by atomic mass is 35.5. The molecule has 3 N–H and O–H groups in total. The lowest BCUT2D eigenvalue weighted by Gasteiger charge is -2.11. The van der Waals surface area contributed by atoms with Gasteiger partial charge in [0.05, 0.1) is 5.02 Å². The number of nitrogens with one attached hydrogen (secondary N) is 1. The number of nitrogens with zero attached hydrogens (tertiary/aromatic N) is 1. The van der Waals surface area contributed by atoms with Crippen molar-refractivity contribution in [3.8, 4) is 11.6 Å². The Bertz CT molecular complexity index is 686. The first-order chi connectivity index (χ1) is 11.1. The zero-order valence-electron chi connectivity index (χ0n) is 13.2. The summed E-state index contributed by atoms with van der Waals surface area (Å²) in [6.07, 6.45) is 3.23. The summed E-state index contributed by atoms with van der Waals surface area (Å²) >= 11 is 11.9. The first kappa shape index (κ1) is 23.8. The Morgan fingerprint density at radius 1 is 1.20 bits per heavy atom. The van der Waals surface area contributed by atoms with Gasteiger partial charge in [0, 0.05) is 17.8 Å². The lowest BCUT2D eigenvalue weighted by atomic mass is 10.2. The standard InChI is InChI=1S/C16H17Cl2N3O2.2ClH/c17-11-5-6-14(13(18)10-11)23-16-12(4-3-9-21-16)15(22)20-8-2-1-7-19;;/h3-6,9-10H,1-2,7-8,19H2,(H,20,22);2*1H. The minimum absolute atomic E-state index is 0. The molecule has 2 aromatic rings. The normalized spacial score (nSPS) is 9.56. The van der Waals surface area contributed by atoms with E-state index in [1.54, 1.807) is 36.5 Å². The van der Waals surface area contributed by atoms with Crippen LogP contribution in [0.1, 0.15) is 23.2 Å². The number of unbranched alkanes of at least 4 members (excludes halogenated alkanes) is 1. The molecule has 0 saturated carbocycles. The van der Waals surface area contributed by atoms with Crippen LogP contribution in [-0.4, -0.2) is 24.0 Å². The van der Waals surface area contributed by atoms with Crippen LogP contribution in [0.15, 0.2) is 36.5 Å². The van der Waals surface area contributed by atoms with Crippen molar-refractivity contribution < 1.29 is 9.53 Å². The van der Waals surface area contributed by atoms with Crippen molar-refractivity contribution in [2.45, 2.75) is 12.8 Å². The van der Waals surface area contributed by atoms with Crippen molar-refractivity contribution in [2.75, 3.05) is 13.1 Å². The number of pyridine rings is 1. The third-order valence-electron chi connectivity index (χ3n) is 3.03. The predicted molar refractivity (Wildman–Crippen MR) is 106 cm³/mol. The van der Waals surface area contributed by atoms with E-state index in [9.17, 15) is 4.79 Å². The molecule has 0 bridgehead atoms. The number of carbonyl (C=O) groups is 1. The molecule has 9 heteroatoms. The Morgan fingerprint density at radius 3 is 2.64 bits per heavy atom. The molecule has 1 amide bonds. The Balaban J connectivity index is 0.00000288. The van der Waals surface area contributed by atoms with E-state index in [-0.39, 0.29) is 36.6 Å². The molecule has 0 aliphatic carbocycles. The van der Waals surface area contributed by atoms with Crippen molar-refractivity contribution in [2.24, 2.45) is 5.73 Å². The molecule has 5 nitrogen and oxygen atoms in total. The van der Waals surface area contributed by atoms with Crippen molar-refractivity contribution in [1.82, 2.24) is 10.3 Å². The molecule has 0 aliphatic heterocycles. The first-order valence-electron chi connectivity index (χ1n) is 7.18. The molecule has 2 rings (SSSR count). The average Bonchev–Trinajstić information content (AvgIpc) is 2.54. The highest BCUT2D eigenvalue weighted by Crippen LogP contribution is 2.31. The van der Waals surface area contributed by atoms with Crippen molar-refractivity contribution in [1.29, 1.82) is 0 Å².